The molecule has 1 aliphatic rings. The highest BCUT2D eigenvalue weighted by molar-refractivity contribution is 5.94. The number of aryl methyl sites for hydroxylation is 1. The van der Waals surface area contributed by atoms with Crippen LogP contribution in [-0.2, 0) is 23.1 Å². The molecule has 178 valence electrons. The topological polar surface area (TPSA) is 114 Å². The summed E-state index contributed by atoms with van der Waals surface area (Å²) in [7, 11) is 1.55. The molecule has 0 spiro atoms. The zero-order chi connectivity index (χ0) is 24.9. The number of terminal acetylenes is 1. The molecule has 0 aliphatic heterocycles. The van der Waals surface area contributed by atoms with E-state index < -0.39 is 24.5 Å². The SMILES string of the molecule is C#CCN(CC(=O)O)C(=O)c1cc(CNC(=O)OCC2c3ccccc3-c3ccccc32)nn1C. The van der Waals surface area contributed by atoms with Crippen molar-refractivity contribution >= 4 is 18.0 Å². The predicted octanol–water partition coefficient (Wildman–Crippen LogP) is 2.62. The monoisotopic (exact) mass is 472 g/mol. The van der Waals surface area contributed by atoms with Crippen molar-refractivity contribution in [3.05, 3.63) is 77.1 Å². The Morgan fingerprint density at radius 2 is 1.77 bits per heavy atom. The van der Waals surface area contributed by atoms with Crippen LogP contribution >= 0.6 is 0 Å². The van der Waals surface area contributed by atoms with Gasteiger partial charge in [0.25, 0.3) is 5.91 Å². The molecule has 0 saturated heterocycles. The number of nitrogens with one attached hydrogen (secondary N) is 1. The number of benzene rings is 2. The van der Waals surface area contributed by atoms with Crippen LogP contribution in [0.25, 0.3) is 11.1 Å². The number of carbonyl (C=O) groups excluding carboxylic acids is 2. The second kappa shape index (κ2) is 10.1. The average molecular weight is 473 g/mol. The van der Waals surface area contributed by atoms with Crippen molar-refractivity contribution in [3.8, 4) is 23.5 Å². The molecule has 0 radical (unpaired) electrons. The van der Waals surface area contributed by atoms with Crippen molar-refractivity contribution in [1.82, 2.24) is 20.0 Å². The Bertz CT molecular complexity index is 1280. The number of amides is 2. The van der Waals surface area contributed by atoms with E-state index in [-0.39, 0.29) is 31.3 Å². The Kier molecular flexibility index (Phi) is 6.83. The second-order valence-corrected chi connectivity index (χ2v) is 8.08. The van der Waals surface area contributed by atoms with Gasteiger partial charge in [0, 0.05) is 13.0 Å². The summed E-state index contributed by atoms with van der Waals surface area (Å²) in [6.07, 6.45) is 4.64. The molecule has 2 amide bonds. The third kappa shape index (κ3) is 5.01. The first kappa shape index (κ1) is 23.6. The number of alkyl carbamates (subject to hydrolysis) is 1. The smallest absolute Gasteiger partial charge is 0.407 e. The summed E-state index contributed by atoms with van der Waals surface area (Å²) in [4.78, 5) is 37.2. The lowest BCUT2D eigenvalue weighted by Gasteiger charge is -2.17. The standard InChI is InChI=1S/C26H24N4O5/c1-3-12-30(15-24(31)32)25(33)23-13-17(28-29(23)2)14-27-26(34)35-16-22-20-10-6-4-8-18(20)19-9-5-7-11-21(19)22/h1,4-11,13,22H,12,14-16H2,2H3,(H,27,34)(H,31,32). The molecule has 0 saturated carbocycles. The predicted molar refractivity (Wildman–Crippen MR) is 127 cm³/mol. The fourth-order valence-corrected chi connectivity index (χ4v) is 4.26. The van der Waals surface area contributed by atoms with Gasteiger partial charge in [-0.1, -0.05) is 54.5 Å². The van der Waals surface area contributed by atoms with Crippen LogP contribution in [0, 0.1) is 12.3 Å². The molecule has 0 fully saturated rings. The van der Waals surface area contributed by atoms with E-state index in [0.29, 0.717) is 5.69 Å². The Morgan fingerprint density at radius 3 is 2.37 bits per heavy atom. The Morgan fingerprint density at radius 1 is 1.14 bits per heavy atom. The van der Waals surface area contributed by atoms with Gasteiger partial charge in [0.05, 0.1) is 18.8 Å². The van der Waals surface area contributed by atoms with Crippen LogP contribution in [0.5, 0.6) is 0 Å². The summed E-state index contributed by atoms with van der Waals surface area (Å²) in [6.45, 7) is -0.459. The van der Waals surface area contributed by atoms with Gasteiger partial charge in [-0.05, 0) is 28.3 Å². The molecular formula is C26H24N4O5. The maximum absolute atomic E-state index is 12.7. The van der Waals surface area contributed by atoms with E-state index in [4.69, 9.17) is 16.3 Å². The normalized spacial score (nSPS) is 11.8. The molecule has 1 heterocycles. The minimum absolute atomic E-state index is 0.0336. The quantitative estimate of drug-likeness (QED) is 0.487. The molecule has 2 N–H and O–H groups in total. The van der Waals surface area contributed by atoms with Crippen molar-refractivity contribution in [2.24, 2.45) is 7.05 Å². The number of nitrogens with zero attached hydrogens (tertiary/aromatic N) is 3. The first-order chi connectivity index (χ1) is 16.9. The third-order valence-electron chi connectivity index (χ3n) is 5.80. The largest absolute Gasteiger partial charge is 0.480 e. The van der Waals surface area contributed by atoms with Gasteiger partial charge in [0.2, 0.25) is 0 Å². The molecule has 1 aromatic heterocycles. The lowest BCUT2D eigenvalue weighted by atomic mass is 9.98. The van der Waals surface area contributed by atoms with E-state index in [1.54, 1.807) is 7.05 Å². The molecule has 0 bridgehead atoms. The fourth-order valence-electron chi connectivity index (χ4n) is 4.26. The summed E-state index contributed by atoms with van der Waals surface area (Å²) in [6, 6.07) is 17.6. The maximum Gasteiger partial charge on any atom is 0.407 e. The maximum atomic E-state index is 12.7. The first-order valence-corrected chi connectivity index (χ1v) is 10.9. The number of fused-ring (bicyclic) bond motifs is 3. The fraction of sp³-hybridized carbons (Fsp3) is 0.231. The summed E-state index contributed by atoms with van der Waals surface area (Å²) < 4.78 is 6.83. The minimum Gasteiger partial charge on any atom is -0.480 e. The number of hydrogen-bond acceptors (Lipinski definition) is 5. The molecule has 3 aromatic rings. The van der Waals surface area contributed by atoms with E-state index in [1.807, 2.05) is 36.4 Å². The van der Waals surface area contributed by atoms with Gasteiger partial charge in [0.15, 0.2) is 0 Å². The van der Waals surface area contributed by atoms with Crippen LogP contribution < -0.4 is 5.32 Å². The second-order valence-electron chi connectivity index (χ2n) is 8.08. The summed E-state index contributed by atoms with van der Waals surface area (Å²) in [5.74, 6) is 0.491. The highest BCUT2D eigenvalue weighted by Gasteiger charge is 2.29. The van der Waals surface area contributed by atoms with E-state index in [9.17, 15) is 14.4 Å². The molecule has 2 aromatic carbocycles. The van der Waals surface area contributed by atoms with E-state index in [0.717, 1.165) is 27.2 Å². The van der Waals surface area contributed by atoms with Crippen molar-refractivity contribution in [2.75, 3.05) is 19.7 Å². The van der Waals surface area contributed by atoms with Crippen LogP contribution in [0.15, 0.2) is 54.6 Å². The van der Waals surface area contributed by atoms with Gasteiger partial charge in [-0.3, -0.25) is 14.3 Å². The number of carboxylic acids is 1. The van der Waals surface area contributed by atoms with Crippen molar-refractivity contribution < 1.29 is 24.2 Å². The molecule has 9 nitrogen and oxygen atoms in total. The lowest BCUT2D eigenvalue weighted by Crippen LogP contribution is -2.36. The molecule has 1 aliphatic carbocycles. The van der Waals surface area contributed by atoms with Gasteiger partial charge in [-0.25, -0.2) is 4.79 Å². The highest BCUT2D eigenvalue weighted by atomic mass is 16.5. The van der Waals surface area contributed by atoms with Crippen molar-refractivity contribution in [2.45, 2.75) is 12.5 Å². The molecule has 0 unspecified atom stereocenters. The van der Waals surface area contributed by atoms with Gasteiger partial charge < -0.3 is 20.1 Å². The zero-order valence-electron chi connectivity index (χ0n) is 19.1. The molecule has 0 atom stereocenters. The van der Waals surface area contributed by atoms with Gasteiger partial charge in [-0.2, -0.15) is 5.10 Å². The van der Waals surface area contributed by atoms with E-state index >= 15 is 0 Å². The number of carboxylic acid groups (broad SMARTS) is 1. The van der Waals surface area contributed by atoms with Crippen LogP contribution in [0.4, 0.5) is 4.79 Å². The molecular weight excluding hydrogens is 448 g/mol. The lowest BCUT2D eigenvalue weighted by molar-refractivity contribution is -0.137. The van der Waals surface area contributed by atoms with Gasteiger partial charge in [0.1, 0.15) is 18.8 Å². The number of rotatable bonds is 8. The summed E-state index contributed by atoms with van der Waals surface area (Å²) in [5, 5.41) is 15.9. The number of ether oxygens (including phenoxy) is 1. The Balaban J connectivity index is 1.37. The molecule has 9 heteroatoms. The molecule has 35 heavy (non-hydrogen) atoms. The third-order valence-corrected chi connectivity index (χ3v) is 5.80. The summed E-state index contributed by atoms with van der Waals surface area (Å²) in [5.41, 5.74) is 5.10. The zero-order valence-corrected chi connectivity index (χ0v) is 19.1. The first-order valence-electron chi connectivity index (χ1n) is 10.9. The van der Waals surface area contributed by atoms with E-state index in [2.05, 4.69) is 28.5 Å². The van der Waals surface area contributed by atoms with E-state index in [1.165, 1.54) is 10.7 Å². The van der Waals surface area contributed by atoms with Gasteiger partial charge in [-0.15, -0.1) is 6.42 Å². The number of hydrogen-bond donors (Lipinski definition) is 2. The van der Waals surface area contributed by atoms with Crippen LogP contribution in [0.2, 0.25) is 0 Å². The number of carbonyl (C=O) groups is 3. The van der Waals surface area contributed by atoms with Crippen LogP contribution in [0.3, 0.4) is 0 Å². The Hall–Kier alpha value is -4.58. The van der Waals surface area contributed by atoms with Crippen LogP contribution in [-0.4, -0.2) is 57.5 Å². The average Bonchev–Trinajstić information content (AvgIpc) is 3.38. The Labute approximate surface area is 202 Å². The van der Waals surface area contributed by atoms with Gasteiger partial charge >= 0.3 is 12.1 Å². The summed E-state index contributed by atoms with van der Waals surface area (Å²) >= 11 is 0. The minimum atomic E-state index is -1.17. The highest BCUT2D eigenvalue weighted by Crippen LogP contribution is 2.44. The van der Waals surface area contributed by atoms with Crippen molar-refractivity contribution in [1.29, 1.82) is 0 Å². The number of aliphatic carboxylic acids is 1. The van der Waals surface area contributed by atoms with Crippen LogP contribution in [0.1, 0.15) is 33.2 Å². The molecule has 4 rings (SSSR count). The number of aromatic nitrogens is 2. The van der Waals surface area contributed by atoms with Crippen molar-refractivity contribution in [3.63, 3.8) is 0 Å².